The Morgan fingerprint density at radius 1 is 1.20 bits per heavy atom. The van der Waals surface area contributed by atoms with Crippen molar-refractivity contribution in [3.63, 3.8) is 0 Å². The lowest BCUT2D eigenvalue weighted by molar-refractivity contribution is 0.107. The van der Waals surface area contributed by atoms with Crippen LogP contribution in [0.3, 0.4) is 0 Å². The molecular formula is C13H25NO. The minimum absolute atomic E-state index is 0.157. The fraction of sp³-hybridized carbons (Fsp3) is 1.00. The molecule has 2 N–H and O–H groups in total. The molecule has 0 amide bonds. The maximum atomic E-state index is 9.91. The third-order valence-electron chi connectivity index (χ3n) is 4.12. The largest absolute Gasteiger partial charge is 0.392 e. The molecule has 0 bridgehead atoms. The average Bonchev–Trinajstić information content (AvgIpc) is 3.07. The molecule has 2 nitrogen and oxygen atoms in total. The Kier molecular flexibility index (Phi) is 3.68. The van der Waals surface area contributed by atoms with Crippen LogP contribution in [0.2, 0.25) is 0 Å². The summed E-state index contributed by atoms with van der Waals surface area (Å²) in [5.74, 6) is 2.29. The van der Waals surface area contributed by atoms with Crippen molar-refractivity contribution in [1.82, 2.24) is 5.32 Å². The molecule has 0 saturated heterocycles. The Bertz CT molecular complexity index is 187. The van der Waals surface area contributed by atoms with Gasteiger partial charge in [-0.25, -0.2) is 0 Å². The summed E-state index contributed by atoms with van der Waals surface area (Å²) in [6, 6.07) is 0.726. The highest BCUT2D eigenvalue weighted by molar-refractivity contribution is 4.96. The molecule has 2 aliphatic rings. The van der Waals surface area contributed by atoms with E-state index < -0.39 is 0 Å². The molecule has 0 heterocycles. The monoisotopic (exact) mass is 211 g/mol. The van der Waals surface area contributed by atoms with E-state index in [2.05, 4.69) is 19.2 Å². The van der Waals surface area contributed by atoms with Crippen LogP contribution in [-0.4, -0.2) is 23.8 Å². The summed E-state index contributed by atoms with van der Waals surface area (Å²) in [6.07, 6.45) is 6.55. The van der Waals surface area contributed by atoms with Gasteiger partial charge in [-0.05, 0) is 43.4 Å². The Hall–Kier alpha value is -0.0800. The highest BCUT2D eigenvalue weighted by Gasteiger charge is 2.41. The quantitative estimate of drug-likeness (QED) is 0.676. The number of aliphatic hydroxyl groups is 1. The van der Waals surface area contributed by atoms with E-state index in [1.165, 1.54) is 25.7 Å². The van der Waals surface area contributed by atoms with Crippen molar-refractivity contribution in [3.8, 4) is 0 Å². The fourth-order valence-corrected chi connectivity index (χ4v) is 2.36. The number of hydrogen-bond donors (Lipinski definition) is 2. The van der Waals surface area contributed by atoms with Crippen LogP contribution >= 0.6 is 0 Å². The third-order valence-corrected chi connectivity index (χ3v) is 4.12. The molecule has 15 heavy (non-hydrogen) atoms. The van der Waals surface area contributed by atoms with Gasteiger partial charge in [0.25, 0.3) is 0 Å². The van der Waals surface area contributed by atoms with Gasteiger partial charge in [-0.15, -0.1) is 0 Å². The molecule has 0 aromatic carbocycles. The second-order valence-electron chi connectivity index (χ2n) is 5.56. The Morgan fingerprint density at radius 2 is 1.73 bits per heavy atom. The minimum Gasteiger partial charge on any atom is -0.392 e. The number of rotatable bonds is 7. The first-order valence-corrected chi connectivity index (χ1v) is 6.63. The van der Waals surface area contributed by atoms with Crippen molar-refractivity contribution in [3.05, 3.63) is 0 Å². The molecule has 0 radical (unpaired) electrons. The van der Waals surface area contributed by atoms with Crippen molar-refractivity contribution >= 4 is 0 Å². The van der Waals surface area contributed by atoms with E-state index in [0.29, 0.717) is 5.92 Å². The molecule has 2 aliphatic carbocycles. The lowest BCUT2D eigenvalue weighted by Crippen LogP contribution is -2.40. The van der Waals surface area contributed by atoms with Gasteiger partial charge in [0.2, 0.25) is 0 Å². The molecule has 88 valence electrons. The Labute approximate surface area is 93.5 Å². The van der Waals surface area contributed by atoms with Crippen molar-refractivity contribution < 1.29 is 5.11 Å². The first-order chi connectivity index (χ1) is 7.22. The van der Waals surface area contributed by atoms with Gasteiger partial charge >= 0.3 is 0 Å². The van der Waals surface area contributed by atoms with E-state index in [4.69, 9.17) is 0 Å². The second kappa shape index (κ2) is 4.84. The summed E-state index contributed by atoms with van der Waals surface area (Å²) < 4.78 is 0. The normalized spacial score (nSPS) is 25.6. The Balaban J connectivity index is 1.70. The fourth-order valence-electron chi connectivity index (χ4n) is 2.36. The van der Waals surface area contributed by atoms with Crippen LogP contribution in [0, 0.1) is 17.8 Å². The molecule has 2 unspecified atom stereocenters. The number of nitrogens with one attached hydrogen (secondary N) is 1. The summed E-state index contributed by atoms with van der Waals surface area (Å²) in [7, 11) is 0. The van der Waals surface area contributed by atoms with E-state index in [1.807, 2.05) is 0 Å². The van der Waals surface area contributed by atoms with Gasteiger partial charge in [0.05, 0.1) is 6.10 Å². The molecule has 0 aromatic rings. The lowest BCUT2D eigenvalue weighted by Gasteiger charge is -2.23. The van der Waals surface area contributed by atoms with Gasteiger partial charge in [0, 0.05) is 12.6 Å². The van der Waals surface area contributed by atoms with Gasteiger partial charge in [-0.3, -0.25) is 0 Å². The summed E-state index contributed by atoms with van der Waals surface area (Å²) in [4.78, 5) is 0. The molecule has 2 saturated carbocycles. The standard InChI is InChI=1S/C13H25NO/c1-3-9(2)12(15)8-14-13(10-4-5-10)11-6-7-11/h9-15H,3-8H2,1-2H3. The zero-order valence-electron chi connectivity index (χ0n) is 10.1. The number of hydrogen-bond acceptors (Lipinski definition) is 2. The van der Waals surface area contributed by atoms with E-state index in [0.717, 1.165) is 30.8 Å². The average molecular weight is 211 g/mol. The molecule has 2 heteroatoms. The summed E-state index contributed by atoms with van der Waals surface area (Å²) in [5, 5.41) is 13.5. The van der Waals surface area contributed by atoms with Crippen LogP contribution in [0.25, 0.3) is 0 Å². The number of aliphatic hydroxyl groups excluding tert-OH is 1. The van der Waals surface area contributed by atoms with Gasteiger partial charge in [0.15, 0.2) is 0 Å². The van der Waals surface area contributed by atoms with E-state index in [9.17, 15) is 5.11 Å². The smallest absolute Gasteiger partial charge is 0.0690 e. The topological polar surface area (TPSA) is 32.3 Å². The van der Waals surface area contributed by atoms with E-state index in [1.54, 1.807) is 0 Å². The van der Waals surface area contributed by atoms with E-state index >= 15 is 0 Å². The van der Waals surface area contributed by atoms with Crippen LogP contribution in [0.1, 0.15) is 46.0 Å². The van der Waals surface area contributed by atoms with Gasteiger partial charge in [0.1, 0.15) is 0 Å². The zero-order valence-corrected chi connectivity index (χ0v) is 10.1. The minimum atomic E-state index is -0.157. The molecule has 0 spiro atoms. The molecule has 0 aliphatic heterocycles. The van der Waals surface area contributed by atoms with Crippen LogP contribution < -0.4 is 5.32 Å². The zero-order chi connectivity index (χ0) is 10.8. The van der Waals surface area contributed by atoms with Crippen molar-refractivity contribution in [2.45, 2.75) is 58.1 Å². The van der Waals surface area contributed by atoms with Crippen LogP contribution in [0.4, 0.5) is 0 Å². The summed E-state index contributed by atoms with van der Waals surface area (Å²) in [5.41, 5.74) is 0. The molecule has 2 fully saturated rings. The van der Waals surface area contributed by atoms with Crippen molar-refractivity contribution in [2.24, 2.45) is 17.8 Å². The Morgan fingerprint density at radius 3 is 2.13 bits per heavy atom. The predicted octanol–water partition coefficient (Wildman–Crippen LogP) is 2.17. The molecule has 0 aromatic heterocycles. The summed E-state index contributed by atoms with van der Waals surface area (Å²) in [6.45, 7) is 5.08. The lowest BCUT2D eigenvalue weighted by atomic mass is 10.0. The summed E-state index contributed by atoms with van der Waals surface area (Å²) >= 11 is 0. The SMILES string of the molecule is CCC(C)C(O)CNC(C1CC1)C1CC1. The first kappa shape index (κ1) is 11.4. The highest BCUT2D eigenvalue weighted by Crippen LogP contribution is 2.44. The van der Waals surface area contributed by atoms with Crippen LogP contribution in [-0.2, 0) is 0 Å². The van der Waals surface area contributed by atoms with Gasteiger partial charge in [-0.2, -0.15) is 0 Å². The van der Waals surface area contributed by atoms with Crippen LogP contribution in [0.15, 0.2) is 0 Å². The third kappa shape index (κ3) is 3.18. The first-order valence-electron chi connectivity index (χ1n) is 6.63. The van der Waals surface area contributed by atoms with Crippen molar-refractivity contribution in [2.75, 3.05) is 6.54 Å². The maximum Gasteiger partial charge on any atom is 0.0690 e. The van der Waals surface area contributed by atoms with Gasteiger partial charge in [-0.1, -0.05) is 20.3 Å². The second-order valence-corrected chi connectivity index (χ2v) is 5.56. The van der Waals surface area contributed by atoms with Crippen molar-refractivity contribution in [1.29, 1.82) is 0 Å². The molecule has 2 atom stereocenters. The predicted molar refractivity (Wildman–Crippen MR) is 62.7 cm³/mol. The maximum absolute atomic E-state index is 9.91. The molecule has 2 rings (SSSR count). The molecular weight excluding hydrogens is 186 g/mol. The highest BCUT2D eigenvalue weighted by atomic mass is 16.3. The van der Waals surface area contributed by atoms with Crippen LogP contribution in [0.5, 0.6) is 0 Å². The van der Waals surface area contributed by atoms with E-state index in [-0.39, 0.29) is 6.10 Å². The van der Waals surface area contributed by atoms with Gasteiger partial charge < -0.3 is 10.4 Å².